The molecule has 0 spiro atoms. The van der Waals surface area contributed by atoms with Gasteiger partial charge in [0, 0.05) is 17.9 Å². The topological polar surface area (TPSA) is 156 Å². The summed E-state index contributed by atoms with van der Waals surface area (Å²) in [4.78, 5) is 40.8. The van der Waals surface area contributed by atoms with E-state index in [0.717, 1.165) is 22.8 Å². The first-order chi connectivity index (χ1) is 23.2. The maximum atomic E-state index is 14.6. The van der Waals surface area contributed by atoms with Crippen molar-refractivity contribution < 1.29 is 40.5 Å². The number of nitrogens with zero attached hydrogens (tertiary/aromatic N) is 1. The molecule has 0 saturated carbocycles. The molecule has 0 radical (unpaired) electrons. The van der Waals surface area contributed by atoms with Crippen LogP contribution >= 0.6 is 0 Å². The van der Waals surface area contributed by atoms with Crippen LogP contribution in [0.1, 0.15) is 57.9 Å². The Morgan fingerprint density at radius 1 is 0.840 bits per heavy atom. The van der Waals surface area contributed by atoms with Gasteiger partial charge in [-0.3, -0.25) is 14.4 Å². The molecule has 1 unspecified atom stereocenters. The summed E-state index contributed by atoms with van der Waals surface area (Å²) < 4.78 is 68.3. The minimum Gasteiger partial charge on any atom is -0.539 e. The average molecular weight is 746 g/mol. The second-order valence-corrected chi connectivity index (χ2v) is 22.0. The standard InChI is InChI=1S/C36H47NO10S2Si/c1-10-44-33(39)36(34(40)45-11-2,25-31-32(30(38)21-23-46-31)47-50(8,9)35(5,6)7)22-12-24-48(41,28-17-13-26(3)14-18-28)37-49(42,43)29-19-15-27(4)16-20-29/h12-21,23-24H,10-11,22,25H2,1-9H3/b24-12+. The molecule has 0 aliphatic heterocycles. The second kappa shape index (κ2) is 15.9. The van der Waals surface area contributed by atoms with Crippen LogP contribution in [0.2, 0.25) is 18.1 Å². The van der Waals surface area contributed by atoms with Crippen LogP contribution in [0.4, 0.5) is 0 Å². The van der Waals surface area contributed by atoms with Crippen LogP contribution < -0.4 is 9.85 Å². The second-order valence-electron chi connectivity index (χ2n) is 13.4. The van der Waals surface area contributed by atoms with Crippen molar-refractivity contribution >= 4 is 40.0 Å². The highest BCUT2D eigenvalue weighted by Crippen LogP contribution is 2.40. The van der Waals surface area contributed by atoms with E-state index in [2.05, 4.69) is 3.77 Å². The maximum Gasteiger partial charge on any atom is 0.324 e. The lowest BCUT2D eigenvalue weighted by atomic mass is 9.79. The van der Waals surface area contributed by atoms with Gasteiger partial charge in [0.1, 0.15) is 15.5 Å². The smallest absolute Gasteiger partial charge is 0.324 e. The number of ether oxygens (including phenoxy) is 2. The number of hydrogen-bond acceptors (Lipinski definition) is 10. The SMILES string of the molecule is CCOC(=O)C(C/C=C/S(=O)(=NS(=O)(=O)c1ccc(C)cc1)c1ccc(C)cc1)(Cc1occc(=O)c1O[Si](C)(C)C(C)(C)C)C(=O)OCC. The lowest BCUT2D eigenvalue weighted by Crippen LogP contribution is -2.46. The molecule has 1 atom stereocenters. The Labute approximate surface area is 296 Å². The lowest BCUT2D eigenvalue weighted by molar-refractivity contribution is -0.172. The van der Waals surface area contributed by atoms with E-state index in [0.29, 0.717) is 0 Å². The fraction of sp³-hybridized carbons (Fsp3) is 0.417. The predicted molar refractivity (Wildman–Crippen MR) is 194 cm³/mol. The first-order valence-corrected chi connectivity index (χ1v) is 22.1. The minimum atomic E-state index is -4.44. The fourth-order valence-corrected chi connectivity index (χ4v) is 9.12. The van der Waals surface area contributed by atoms with Crippen molar-refractivity contribution in [1.82, 2.24) is 0 Å². The average Bonchev–Trinajstić information content (AvgIpc) is 3.02. The van der Waals surface area contributed by atoms with Gasteiger partial charge >= 0.3 is 11.9 Å². The van der Waals surface area contributed by atoms with E-state index in [1.54, 1.807) is 45.0 Å². The Kier molecular flexibility index (Phi) is 12.9. The molecule has 0 fully saturated rings. The van der Waals surface area contributed by atoms with Crippen molar-refractivity contribution in [1.29, 1.82) is 0 Å². The molecule has 3 aromatic rings. The summed E-state index contributed by atoms with van der Waals surface area (Å²) in [6.07, 6.45) is 1.40. The van der Waals surface area contributed by atoms with Crippen molar-refractivity contribution in [3.8, 4) is 5.75 Å². The zero-order valence-electron chi connectivity index (χ0n) is 30.1. The van der Waals surface area contributed by atoms with Crippen molar-refractivity contribution in [3.05, 3.63) is 99.5 Å². The summed E-state index contributed by atoms with van der Waals surface area (Å²) in [6, 6.07) is 13.5. The molecule has 3 rings (SSSR count). The first kappa shape index (κ1) is 40.4. The summed E-state index contributed by atoms with van der Waals surface area (Å²) in [7, 11) is -10.9. The van der Waals surface area contributed by atoms with Crippen molar-refractivity contribution in [2.45, 2.75) is 89.2 Å². The van der Waals surface area contributed by atoms with Gasteiger partial charge in [0.15, 0.2) is 11.2 Å². The van der Waals surface area contributed by atoms with Crippen molar-refractivity contribution in [2.75, 3.05) is 13.2 Å². The van der Waals surface area contributed by atoms with Crippen LogP contribution in [0.25, 0.3) is 0 Å². The molecule has 1 aromatic heterocycles. The number of aryl methyl sites for hydroxylation is 2. The quantitative estimate of drug-likeness (QED) is 0.0947. The largest absolute Gasteiger partial charge is 0.539 e. The number of carbonyl (C=O) groups excluding carboxylic acids is 2. The minimum absolute atomic E-state index is 0.0808. The summed E-state index contributed by atoms with van der Waals surface area (Å²) in [5, 5.41) is 0.762. The van der Waals surface area contributed by atoms with E-state index in [9.17, 15) is 27.0 Å². The Morgan fingerprint density at radius 3 is 1.82 bits per heavy atom. The third-order valence-electron chi connectivity index (χ3n) is 8.50. The van der Waals surface area contributed by atoms with Crippen LogP contribution in [0.3, 0.4) is 0 Å². The molecule has 0 bridgehead atoms. The molecular formula is C36H47NO10S2Si. The van der Waals surface area contributed by atoms with Gasteiger partial charge in [-0.05, 0) is 76.5 Å². The first-order valence-electron chi connectivity index (χ1n) is 16.2. The lowest BCUT2D eigenvalue weighted by Gasteiger charge is -2.36. The van der Waals surface area contributed by atoms with E-state index in [1.807, 2.05) is 40.8 Å². The number of hydrogen-bond donors (Lipinski definition) is 0. The van der Waals surface area contributed by atoms with Gasteiger partial charge in [-0.15, -0.1) is 0 Å². The summed E-state index contributed by atoms with van der Waals surface area (Å²) in [6.45, 7) is 16.4. The third-order valence-corrected chi connectivity index (χ3v) is 16.9. The summed E-state index contributed by atoms with van der Waals surface area (Å²) in [5.41, 5.74) is -1.00. The van der Waals surface area contributed by atoms with Crippen LogP contribution in [0.5, 0.6) is 5.75 Å². The van der Waals surface area contributed by atoms with Gasteiger partial charge in [0.05, 0.1) is 29.3 Å². The molecule has 2 aromatic carbocycles. The van der Waals surface area contributed by atoms with E-state index in [4.69, 9.17) is 18.3 Å². The van der Waals surface area contributed by atoms with Crippen LogP contribution in [0.15, 0.2) is 95.1 Å². The van der Waals surface area contributed by atoms with Gasteiger partial charge in [-0.2, -0.15) is 8.42 Å². The van der Waals surface area contributed by atoms with Gasteiger partial charge < -0.3 is 18.3 Å². The Bertz CT molecular complexity index is 1980. The Balaban J connectivity index is 2.26. The number of sulfonamides is 1. The van der Waals surface area contributed by atoms with E-state index < -0.39 is 63.7 Å². The highest BCUT2D eigenvalue weighted by Gasteiger charge is 2.50. The van der Waals surface area contributed by atoms with E-state index in [-0.39, 0.29) is 39.6 Å². The summed E-state index contributed by atoms with van der Waals surface area (Å²) >= 11 is 0. The number of benzene rings is 2. The fourth-order valence-electron chi connectivity index (χ4n) is 4.52. The van der Waals surface area contributed by atoms with Gasteiger partial charge in [0.25, 0.3) is 18.3 Å². The molecule has 0 aliphatic rings. The summed E-state index contributed by atoms with van der Waals surface area (Å²) in [5.74, 6) is -2.19. The highest BCUT2D eigenvalue weighted by molar-refractivity contribution is 8.05. The molecule has 1 heterocycles. The van der Waals surface area contributed by atoms with Crippen molar-refractivity contribution in [2.24, 2.45) is 9.18 Å². The highest BCUT2D eigenvalue weighted by atomic mass is 32.3. The van der Waals surface area contributed by atoms with Crippen LogP contribution in [-0.4, -0.2) is 46.1 Å². The number of esters is 2. The molecule has 11 nitrogen and oxygen atoms in total. The van der Waals surface area contributed by atoms with Crippen LogP contribution in [-0.2, 0) is 45.2 Å². The monoisotopic (exact) mass is 745 g/mol. The zero-order chi connectivity index (χ0) is 37.5. The Morgan fingerprint density at radius 2 is 1.34 bits per heavy atom. The van der Waals surface area contributed by atoms with Gasteiger partial charge in [-0.1, -0.05) is 66.0 Å². The number of carbonyl (C=O) groups is 2. The molecule has 14 heteroatoms. The predicted octanol–water partition coefficient (Wildman–Crippen LogP) is 7.12. The van der Waals surface area contributed by atoms with Crippen molar-refractivity contribution in [3.63, 3.8) is 0 Å². The molecule has 272 valence electrons. The normalized spacial score (nSPS) is 13.8. The van der Waals surface area contributed by atoms with Crippen LogP contribution in [0, 0.1) is 19.3 Å². The molecular weight excluding hydrogens is 699 g/mol. The zero-order valence-corrected chi connectivity index (χ0v) is 32.7. The molecule has 0 N–H and O–H groups in total. The van der Waals surface area contributed by atoms with Gasteiger partial charge in [0.2, 0.25) is 5.43 Å². The van der Waals surface area contributed by atoms with Gasteiger partial charge in [-0.25, -0.2) is 4.21 Å². The number of allylic oxidation sites excluding steroid dienone is 1. The Hall–Kier alpha value is -4.01. The molecule has 0 saturated heterocycles. The van der Waals surface area contributed by atoms with E-state index >= 15 is 0 Å². The number of rotatable bonds is 14. The molecule has 0 amide bonds. The van der Waals surface area contributed by atoms with E-state index in [1.165, 1.54) is 36.4 Å². The third kappa shape index (κ3) is 9.40. The maximum absolute atomic E-state index is 14.6. The molecule has 50 heavy (non-hydrogen) atoms. The molecule has 0 aliphatic carbocycles.